The summed E-state index contributed by atoms with van der Waals surface area (Å²) >= 11 is 6.61. The van der Waals surface area contributed by atoms with Gasteiger partial charge in [-0.05, 0) is 56.0 Å². The monoisotopic (exact) mass is 328 g/mol. The Bertz CT molecular complexity index is 329. The smallest absolute Gasteiger partial charge is 0.387 e. The fourth-order valence-corrected chi connectivity index (χ4v) is 2.04. The van der Waals surface area contributed by atoms with E-state index in [1.54, 1.807) is 6.07 Å². The molecule has 1 nitrogen and oxygen atoms in total. The van der Waals surface area contributed by atoms with Gasteiger partial charge in [0.1, 0.15) is 5.75 Å². The molecule has 0 radical (unpaired) electrons. The second-order valence-corrected chi connectivity index (χ2v) is 4.26. The molecular formula is C9H8Br2F2O. The molecule has 78 valence electrons. The number of alkyl halides is 2. The van der Waals surface area contributed by atoms with Gasteiger partial charge in [-0.25, -0.2) is 0 Å². The molecule has 0 aliphatic carbocycles. The van der Waals surface area contributed by atoms with Crippen LogP contribution in [0.1, 0.15) is 12.5 Å². The van der Waals surface area contributed by atoms with Gasteiger partial charge in [0.15, 0.2) is 0 Å². The topological polar surface area (TPSA) is 9.23 Å². The van der Waals surface area contributed by atoms with E-state index in [1.165, 1.54) is 6.07 Å². The molecule has 1 aromatic carbocycles. The third kappa shape index (κ3) is 2.92. The quantitative estimate of drug-likeness (QED) is 0.799. The predicted octanol–water partition coefficient (Wildman–Crippen LogP) is 4.38. The maximum absolute atomic E-state index is 11.9. The molecule has 0 saturated carbocycles. The fraction of sp³-hybridized carbons (Fsp3) is 0.333. The number of hydrogen-bond acceptors (Lipinski definition) is 1. The van der Waals surface area contributed by atoms with Gasteiger partial charge < -0.3 is 4.74 Å². The minimum atomic E-state index is -2.78. The van der Waals surface area contributed by atoms with Crippen LogP contribution in [0.5, 0.6) is 5.75 Å². The van der Waals surface area contributed by atoms with Crippen LogP contribution in [0.2, 0.25) is 0 Å². The summed E-state index contributed by atoms with van der Waals surface area (Å²) in [5, 5.41) is 0. The standard InChI is InChI=1S/C9H8Br2F2O/c1-2-5-3-6(14-9(12)13)4-7(10)8(5)11/h3-4,9H,2H2,1H3. The molecule has 0 aromatic heterocycles. The van der Waals surface area contributed by atoms with Crippen LogP contribution in [0.15, 0.2) is 21.1 Å². The van der Waals surface area contributed by atoms with E-state index < -0.39 is 6.61 Å². The minimum Gasteiger partial charge on any atom is -0.435 e. The number of benzene rings is 1. The molecule has 0 heterocycles. The largest absolute Gasteiger partial charge is 0.435 e. The van der Waals surface area contributed by atoms with E-state index in [1.807, 2.05) is 6.92 Å². The highest BCUT2D eigenvalue weighted by Crippen LogP contribution is 2.32. The molecule has 0 aliphatic rings. The van der Waals surface area contributed by atoms with Crippen LogP contribution >= 0.6 is 31.9 Å². The average Bonchev–Trinajstić information content (AvgIpc) is 2.10. The van der Waals surface area contributed by atoms with Crippen molar-refractivity contribution in [2.24, 2.45) is 0 Å². The van der Waals surface area contributed by atoms with Crippen molar-refractivity contribution in [3.8, 4) is 5.75 Å². The molecule has 0 unspecified atom stereocenters. The van der Waals surface area contributed by atoms with Crippen LogP contribution < -0.4 is 4.74 Å². The number of halogens is 4. The number of hydrogen-bond donors (Lipinski definition) is 0. The molecule has 0 atom stereocenters. The van der Waals surface area contributed by atoms with Crippen molar-refractivity contribution in [2.75, 3.05) is 0 Å². The maximum Gasteiger partial charge on any atom is 0.387 e. The second-order valence-electron chi connectivity index (χ2n) is 2.61. The highest BCUT2D eigenvalue weighted by molar-refractivity contribution is 9.13. The van der Waals surface area contributed by atoms with Crippen LogP contribution in [0.3, 0.4) is 0 Å². The lowest BCUT2D eigenvalue weighted by atomic mass is 10.2. The molecule has 0 aliphatic heterocycles. The molecule has 0 bridgehead atoms. The van der Waals surface area contributed by atoms with E-state index in [0.29, 0.717) is 4.47 Å². The lowest BCUT2D eigenvalue weighted by Crippen LogP contribution is -2.02. The molecule has 1 aromatic rings. The van der Waals surface area contributed by atoms with Crippen molar-refractivity contribution in [1.29, 1.82) is 0 Å². The van der Waals surface area contributed by atoms with Crippen molar-refractivity contribution in [3.05, 3.63) is 26.6 Å². The first-order valence-electron chi connectivity index (χ1n) is 3.97. The number of rotatable bonds is 3. The van der Waals surface area contributed by atoms with E-state index in [-0.39, 0.29) is 5.75 Å². The van der Waals surface area contributed by atoms with Crippen molar-refractivity contribution >= 4 is 31.9 Å². The highest BCUT2D eigenvalue weighted by Gasteiger charge is 2.09. The summed E-state index contributed by atoms with van der Waals surface area (Å²) in [5.41, 5.74) is 0.926. The summed E-state index contributed by atoms with van der Waals surface area (Å²) in [7, 11) is 0. The summed E-state index contributed by atoms with van der Waals surface area (Å²) in [6.07, 6.45) is 0.750. The van der Waals surface area contributed by atoms with Crippen molar-refractivity contribution in [3.63, 3.8) is 0 Å². The van der Waals surface area contributed by atoms with Gasteiger partial charge in [0.2, 0.25) is 0 Å². The first-order chi connectivity index (χ1) is 6.54. The van der Waals surface area contributed by atoms with Gasteiger partial charge in [-0.2, -0.15) is 8.78 Å². The normalized spacial score (nSPS) is 10.7. The summed E-state index contributed by atoms with van der Waals surface area (Å²) in [6.45, 7) is -0.841. The Labute approximate surface area is 97.7 Å². The predicted molar refractivity (Wildman–Crippen MR) is 57.9 cm³/mol. The molecular weight excluding hydrogens is 322 g/mol. The molecule has 0 spiro atoms. The highest BCUT2D eigenvalue weighted by atomic mass is 79.9. The van der Waals surface area contributed by atoms with Gasteiger partial charge in [0, 0.05) is 8.95 Å². The van der Waals surface area contributed by atoms with E-state index in [9.17, 15) is 8.78 Å². The van der Waals surface area contributed by atoms with Crippen molar-refractivity contribution in [1.82, 2.24) is 0 Å². The van der Waals surface area contributed by atoms with E-state index >= 15 is 0 Å². The third-order valence-corrected chi connectivity index (χ3v) is 3.78. The summed E-state index contributed by atoms with van der Waals surface area (Å²) < 4.78 is 29.8. The van der Waals surface area contributed by atoms with Crippen LogP contribution in [0, 0.1) is 0 Å². The molecule has 5 heteroatoms. The molecule has 0 N–H and O–H groups in total. The SMILES string of the molecule is CCc1cc(OC(F)F)cc(Br)c1Br. The molecule has 0 saturated heterocycles. The Balaban J connectivity index is 3.03. The van der Waals surface area contributed by atoms with Crippen molar-refractivity contribution < 1.29 is 13.5 Å². The zero-order valence-corrected chi connectivity index (χ0v) is 10.5. The molecule has 0 fully saturated rings. The lowest BCUT2D eigenvalue weighted by Gasteiger charge is -2.09. The fourth-order valence-electron chi connectivity index (χ4n) is 1.05. The Kier molecular flexibility index (Phi) is 4.31. The number of ether oxygens (including phenoxy) is 1. The van der Waals surface area contributed by atoms with Crippen LogP contribution in [0.4, 0.5) is 8.78 Å². The Morgan fingerprint density at radius 3 is 2.50 bits per heavy atom. The lowest BCUT2D eigenvalue weighted by molar-refractivity contribution is -0.0499. The van der Waals surface area contributed by atoms with Crippen molar-refractivity contribution in [2.45, 2.75) is 20.0 Å². The summed E-state index contributed by atoms with van der Waals surface area (Å²) in [6, 6.07) is 3.11. The Morgan fingerprint density at radius 1 is 1.36 bits per heavy atom. The van der Waals surface area contributed by atoms with E-state index in [4.69, 9.17) is 0 Å². The van der Waals surface area contributed by atoms with E-state index in [0.717, 1.165) is 16.5 Å². The number of aryl methyl sites for hydroxylation is 1. The van der Waals surface area contributed by atoms with Crippen LogP contribution in [-0.2, 0) is 6.42 Å². The van der Waals surface area contributed by atoms with Gasteiger partial charge in [-0.15, -0.1) is 0 Å². The van der Waals surface area contributed by atoms with Gasteiger partial charge in [0.25, 0.3) is 0 Å². The van der Waals surface area contributed by atoms with Crippen LogP contribution in [0.25, 0.3) is 0 Å². The average molecular weight is 330 g/mol. The first-order valence-corrected chi connectivity index (χ1v) is 5.56. The summed E-state index contributed by atoms with van der Waals surface area (Å²) in [4.78, 5) is 0. The Morgan fingerprint density at radius 2 is 2.00 bits per heavy atom. The molecule has 14 heavy (non-hydrogen) atoms. The van der Waals surface area contributed by atoms with E-state index in [2.05, 4.69) is 36.6 Å². The first kappa shape index (κ1) is 11.9. The second kappa shape index (κ2) is 5.07. The maximum atomic E-state index is 11.9. The minimum absolute atomic E-state index is 0.173. The molecule has 0 amide bonds. The Hall–Kier alpha value is -0.160. The van der Waals surface area contributed by atoms with Gasteiger partial charge in [0.05, 0.1) is 0 Å². The van der Waals surface area contributed by atoms with Gasteiger partial charge in [-0.3, -0.25) is 0 Å². The zero-order valence-electron chi connectivity index (χ0n) is 7.36. The van der Waals surface area contributed by atoms with Gasteiger partial charge in [-0.1, -0.05) is 6.92 Å². The van der Waals surface area contributed by atoms with Crippen LogP contribution in [-0.4, -0.2) is 6.61 Å². The zero-order chi connectivity index (χ0) is 10.7. The molecule has 1 rings (SSSR count). The third-order valence-electron chi connectivity index (χ3n) is 1.68. The summed E-state index contributed by atoms with van der Waals surface area (Å²) in [5.74, 6) is 0.173. The van der Waals surface area contributed by atoms with Gasteiger partial charge >= 0.3 is 6.61 Å².